The van der Waals surface area contributed by atoms with Crippen molar-refractivity contribution in [3.63, 3.8) is 0 Å². The fraction of sp³-hybridized carbons (Fsp3) is 0.345. The molecule has 7 heteroatoms. The van der Waals surface area contributed by atoms with Crippen molar-refractivity contribution in [2.45, 2.75) is 52.3 Å². The summed E-state index contributed by atoms with van der Waals surface area (Å²) < 4.78 is 6.33. The first kappa shape index (κ1) is 26.7. The third-order valence-corrected chi connectivity index (χ3v) is 5.63. The fourth-order valence-electron chi connectivity index (χ4n) is 3.82. The first-order valence-corrected chi connectivity index (χ1v) is 12.3. The molecule has 2 aromatic carbocycles. The van der Waals surface area contributed by atoms with Gasteiger partial charge in [0.2, 0.25) is 17.7 Å². The Bertz CT molecular complexity index is 1090. The van der Waals surface area contributed by atoms with Crippen LogP contribution in [0.25, 0.3) is 6.08 Å². The molecule has 0 saturated carbocycles. The van der Waals surface area contributed by atoms with Gasteiger partial charge in [0.15, 0.2) is 6.10 Å². The minimum atomic E-state index is -1.10. The van der Waals surface area contributed by atoms with Gasteiger partial charge < -0.3 is 20.7 Å². The number of fused-ring (bicyclic) bond motifs is 10. The van der Waals surface area contributed by atoms with Crippen LogP contribution in [0.4, 0.5) is 0 Å². The monoisotopic (exact) mass is 489 g/mol. The number of nitrogens with one attached hydrogen (secondary N) is 3. The van der Waals surface area contributed by atoms with Crippen molar-refractivity contribution in [3.8, 4) is 5.75 Å². The smallest absolute Gasteiger partial charge is 0.247 e. The molecule has 4 rings (SSSR count). The summed E-state index contributed by atoms with van der Waals surface area (Å²) in [5.41, 5.74) is 1.59. The van der Waals surface area contributed by atoms with Gasteiger partial charge in [-0.3, -0.25) is 14.4 Å². The largest absolute Gasteiger partial charge is 0.483 e. The van der Waals surface area contributed by atoms with E-state index in [1.807, 2.05) is 70.2 Å². The van der Waals surface area contributed by atoms with E-state index < -0.39 is 30.0 Å². The Morgan fingerprint density at radius 3 is 2.33 bits per heavy atom. The summed E-state index contributed by atoms with van der Waals surface area (Å²) >= 11 is 0. The molecule has 2 bridgehead atoms. The van der Waals surface area contributed by atoms with Crippen LogP contribution in [0.1, 0.15) is 51.3 Å². The maximum absolute atomic E-state index is 13.7. The first-order chi connectivity index (χ1) is 17.2. The van der Waals surface area contributed by atoms with Gasteiger partial charge >= 0.3 is 0 Å². The fourth-order valence-corrected chi connectivity index (χ4v) is 3.82. The number of carbonyl (C=O) groups excluding carboxylic acids is 3. The van der Waals surface area contributed by atoms with E-state index in [4.69, 9.17) is 4.74 Å². The number of rotatable bonds is 6. The predicted molar refractivity (Wildman–Crippen MR) is 141 cm³/mol. The molecule has 190 valence electrons. The molecule has 3 N–H and O–H groups in total. The molecule has 0 fully saturated rings. The van der Waals surface area contributed by atoms with Crippen LogP contribution in [0.2, 0.25) is 0 Å². The topological polar surface area (TPSA) is 96.5 Å². The zero-order chi connectivity index (χ0) is 26.1. The summed E-state index contributed by atoms with van der Waals surface area (Å²) in [4.78, 5) is 39.5. The average Bonchev–Trinajstić information content (AvgIpc) is 2.85. The summed E-state index contributed by atoms with van der Waals surface area (Å²) in [7, 11) is 0. The highest BCUT2D eigenvalue weighted by molar-refractivity contribution is 5.95. The van der Waals surface area contributed by atoms with Crippen molar-refractivity contribution in [1.29, 1.82) is 0 Å². The maximum atomic E-state index is 13.7. The Kier molecular flexibility index (Phi) is 9.45. The molecule has 2 aromatic rings. The molecule has 3 unspecified atom stereocenters. The van der Waals surface area contributed by atoms with Crippen LogP contribution in [-0.4, -0.2) is 29.8 Å². The van der Waals surface area contributed by atoms with Crippen LogP contribution in [-0.2, 0) is 14.4 Å². The van der Waals surface area contributed by atoms with Crippen LogP contribution in [0.5, 0.6) is 5.75 Å². The van der Waals surface area contributed by atoms with Gasteiger partial charge in [-0.05, 0) is 53.7 Å². The van der Waals surface area contributed by atoms with Gasteiger partial charge in [0.1, 0.15) is 17.8 Å². The highest BCUT2D eigenvalue weighted by Gasteiger charge is 2.35. The van der Waals surface area contributed by atoms with E-state index >= 15 is 0 Å². The highest BCUT2D eigenvalue weighted by Crippen LogP contribution is 2.26. The molecule has 2 aliphatic heterocycles. The summed E-state index contributed by atoms with van der Waals surface area (Å²) in [6, 6.07) is 14.7. The van der Waals surface area contributed by atoms with Crippen LogP contribution in [0, 0.1) is 11.8 Å². The quantitative estimate of drug-likeness (QED) is 0.532. The lowest BCUT2D eigenvalue weighted by atomic mass is 9.98. The molecule has 36 heavy (non-hydrogen) atoms. The highest BCUT2D eigenvalue weighted by atomic mass is 16.5. The summed E-state index contributed by atoms with van der Waals surface area (Å²) in [5, 5.41) is 8.45. The van der Waals surface area contributed by atoms with E-state index in [2.05, 4.69) is 16.0 Å². The zero-order valence-corrected chi connectivity index (χ0v) is 21.2. The van der Waals surface area contributed by atoms with E-state index in [1.165, 1.54) is 6.08 Å². The summed E-state index contributed by atoms with van der Waals surface area (Å²) in [5.74, 6) is -0.389. The Morgan fingerprint density at radius 2 is 1.69 bits per heavy atom. The van der Waals surface area contributed by atoms with Crippen LogP contribution >= 0.6 is 0 Å². The third kappa shape index (κ3) is 7.83. The lowest BCUT2D eigenvalue weighted by Gasteiger charge is -2.30. The molecule has 2 aliphatic rings. The second-order valence-electron chi connectivity index (χ2n) is 9.64. The molecule has 0 radical (unpaired) electrons. The van der Waals surface area contributed by atoms with Gasteiger partial charge in [-0.15, -0.1) is 0 Å². The summed E-state index contributed by atoms with van der Waals surface area (Å²) in [6.07, 6.45) is 6.11. The van der Waals surface area contributed by atoms with Crippen molar-refractivity contribution < 1.29 is 19.1 Å². The SMILES string of the molecule is CC(C)C=CC(=O)NC1C(=O)NC(CC(C)C)C(=O)NC=Cc2ccc(cc2)OC1c1ccccc1. The van der Waals surface area contributed by atoms with Crippen molar-refractivity contribution in [1.82, 2.24) is 16.0 Å². The maximum Gasteiger partial charge on any atom is 0.247 e. The average molecular weight is 490 g/mol. The molecule has 0 aliphatic carbocycles. The Balaban J connectivity index is 2.07. The van der Waals surface area contributed by atoms with E-state index in [9.17, 15) is 14.4 Å². The molecule has 0 spiro atoms. The predicted octanol–water partition coefficient (Wildman–Crippen LogP) is 4.14. The number of hydrogen-bond acceptors (Lipinski definition) is 4. The second-order valence-corrected chi connectivity index (χ2v) is 9.64. The second kappa shape index (κ2) is 12.7. The Hall–Kier alpha value is -3.87. The van der Waals surface area contributed by atoms with Crippen LogP contribution in [0.3, 0.4) is 0 Å². The molecule has 3 amide bonds. The number of benzene rings is 2. The Labute approximate surface area is 213 Å². The van der Waals surface area contributed by atoms with Crippen molar-refractivity contribution in [3.05, 3.63) is 84.1 Å². The number of allylic oxidation sites excluding steroid dienone is 1. The van der Waals surface area contributed by atoms with E-state index in [1.54, 1.807) is 30.5 Å². The first-order valence-electron chi connectivity index (χ1n) is 12.3. The molecule has 7 nitrogen and oxygen atoms in total. The van der Waals surface area contributed by atoms with Gasteiger partial charge in [0.25, 0.3) is 0 Å². The summed E-state index contributed by atoms with van der Waals surface area (Å²) in [6.45, 7) is 7.88. The number of carbonyl (C=O) groups is 3. The van der Waals surface area contributed by atoms with Crippen molar-refractivity contribution >= 4 is 23.8 Å². The molecular weight excluding hydrogens is 454 g/mol. The minimum absolute atomic E-state index is 0.152. The normalized spacial score (nSPS) is 20.7. The van der Waals surface area contributed by atoms with Gasteiger partial charge in [-0.25, -0.2) is 0 Å². The van der Waals surface area contributed by atoms with Gasteiger partial charge in [-0.2, -0.15) is 0 Å². The number of hydrogen-bond donors (Lipinski definition) is 3. The molecule has 3 atom stereocenters. The van der Waals surface area contributed by atoms with E-state index in [-0.39, 0.29) is 17.7 Å². The molecule has 0 aromatic heterocycles. The number of ether oxygens (including phenoxy) is 1. The minimum Gasteiger partial charge on any atom is -0.483 e. The molecular formula is C29H35N3O4. The van der Waals surface area contributed by atoms with E-state index in [0.717, 1.165) is 5.56 Å². The Morgan fingerprint density at radius 1 is 1.00 bits per heavy atom. The molecule has 0 saturated heterocycles. The van der Waals surface area contributed by atoms with Crippen LogP contribution in [0.15, 0.2) is 72.9 Å². The van der Waals surface area contributed by atoms with Crippen molar-refractivity contribution in [2.75, 3.05) is 0 Å². The van der Waals surface area contributed by atoms with Gasteiger partial charge in [0, 0.05) is 6.20 Å². The van der Waals surface area contributed by atoms with E-state index in [0.29, 0.717) is 17.7 Å². The number of amides is 3. The van der Waals surface area contributed by atoms with Gasteiger partial charge in [0.05, 0.1) is 0 Å². The van der Waals surface area contributed by atoms with Crippen molar-refractivity contribution in [2.24, 2.45) is 11.8 Å². The molecule has 2 heterocycles. The lowest BCUT2D eigenvalue weighted by molar-refractivity contribution is -0.133. The lowest BCUT2D eigenvalue weighted by Crippen LogP contribution is -2.56. The zero-order valence-electron chi connectivity index (χ0n) is 21.2. The van der Waals surface area contributed by atoms with Crippen LogP contribution < -0.4 is 20.7 Å². The standard InChI is InChI=1S/C29H35N3O4/c1-19(2)10-15-25(33)32-26-27(22-8-6-5-7-9-22)36-23-13-11-21(12-14-23)16-17-30-28(34)24(18-20(3)4)31-29(26)35/h5-17,19-20,24,26-27H,18H2,1-4H3,(H,30,34)(H,31,35)(H,32,33). The third-order valence-electron chi connectivity index (χ3n) is 5.63. The van der Waals surface area contributed by atoms with Gasteiger partial charge in [-0.1, -0.05) is 76.2 Å².